The number of hydrogen-bond acceptors (Lipinski definition) is 6. The molecule has 0 radical (unpaired) electrons. The fraction of sp³-hybridized carbons (Fsp3) is 0.143. The second-order valence-electron chi connectivity index (χ2n) is 16.6. The van der Waals surface area contributed by atoms with E-state index in [2.05, 4.69) is 32.9 Å². The highest BCUT2D eigenvalue weighted by atomic mass is 32.2. The summed E-state index contributed by atoms with van der Waals surface area (Å²) in [5, 5.41) is 0. The molecule has 1 unspecified atom stereocenters. The van der Waals surface area contributed by atoms with E-state index in [-0.39, 0.29) is 31.1 Å². The van der Waals surface area contributed by atoms with Crippen LogP contribution in [0, 0.1) is 6.92 Å². The summed E-state index contributed by atoms with van der Waals surface area (Å²) in [5.41, 5.74) is 8.53. The van der Waals surface area contributed by atoms with Crippen molar-refractivity contribution in [1.29, 1.82) is 0 Å². The molecule has 0 heterocycles. The molecule has 8 rings (SSSR count). The monoisotopic (exact) mass is 882 g/mol. The minimum Gasteiger partial charge on any atom is -0.485 e. The topological polar surface area (TPSA) is 86.7 Å². The molecule has 322 valence electrons. The van der Waals surface area contributed by atoms with Gasteiger partial charge in [-0.3, -0.25) is 0 Å². The van der Waals surface area contributed by atoms with Crippen LogP contribution in [0.4, 0.5) is 0 Å². The van der Waals surface area contributed by atoms with Crippen LogP contribution in [0.5, 0.6) is 17.2 Å². The molecule has 0 bridgehead atoms. The fourth-order valence-electron chi connectivity index (χ4n) is 7.57. The van der Waals surface area contributed by atoms with Crippen molar-refractivity contribution in [3.8, 4) is 50.6 Å². The average Bonchev–Trinajstić information content (AvgIpc) is 3.32. The van der Waals surface area contributed by atoms with Crippen molar-refractivity contribution < 1.29 is 26.3 Å². The molecule has 0 spiro atoms. The normalized spacial score (nSPS) is 12.4. The van der Waals surface area contributed by atoms with Crippen LogP contribution in [0.25, 0.3) is 33.4 Å². The number of sulfone groups is 2. The zero-order valence-corrected chi connectivity index (χ0v) is 38.2. The van der Waals surface area contributed by atoms with Gasteiger partial charge in [0.1, 0.15) is 23.4 Å². The van der Waals surface area contributed by atoms with Crippen molar-refractivity contribution in [2.75, 3.05) is 0 Å². The first-order valence-electron chi connectivity index (χ1n) is 21.3. The molecule has 0 saturated carbocycles. The maximum Gasteiger partial charge on any atom is 0.206 e. The van der Waals surface area contributed by atoms with E-state index in [0.29, 0.717) is 17.2 Å². The third kappa shape index (κ3) is 9.30. The lowest BCUT2D eigenvalue weighted by atomic mass is 9.82. The molecule has 0 saturated heterocycles. The predicted octanol–water partition coefficient (Wildman–Crippen LogP) is 14.3. The van der Waals surface area contributed by atoms with Crippen LogP contribution in [0.1, 0.15) is 56.9 Å². The molecule has 0 aromatic heterocycles. The first kappa shape index (κ1) is 43.9. The molecular formula is C56H50O6S2. The van der Waals surface area contributed by atoms with Gasteiger partial charge < -0.3 is 9.47 Å². The quantitative estimate of drug-likeness (QED) is 0.108. The second kappa shape index (κ2) is 18.2. The van der Waals surface area contributed by atoms with E-state index in [1.165, 1.54) is 0 Å². The molecule has 0 aliphatic rings. The van der Waals surface area contributed by atoms with Gasteiger partial charge in [0.15, 0.2) is 0 Å². The third-order valence-electron chi connectivity index (χ3n) is 11.9. The minimum absolute atomic E-state index is 0.0438. The molecule has 0 fully saturated rings. The highest BCUT2D eigenvalue weighted by Gasteiger charge is 2.23. The van der Waals surface area contributed by atoms with Crippen LogP contribution in [0.3, 0.4) is 0 Å². The molecule has 8 aromatic carbocycles. The maximum atomic E-state index is 13.6. The maximum absolute atomic E-state index is 13.6. The number of aryl methyl sites for hydroxylation is 1. The summed E-state index contributed by atoms with van der Waals surface area (Å²) < 4.78 is 67.0. The third-order valence-corrected chi connectivity index (χ3v) is 15.5. The van der Waals surface area contributed by atoms with Crippen LogP contribution in [-0.4, -0.2) is 16.8 Å². The zero-order chi connectivity index (χ0) is 45.1. The van der Waals surface area contributed by atoms with Gasteiger partial charge >= 0.3 is 0 Å². The van der Waals surface area contributed by atoms with Gasteiger partial charge in [0.05, 0.1) is 19.6 Å². The zero-order valence-electron chi connectivity index (χ0n) is 36.5. The Hall–Kier alpha value is -6.74. The summed E-state index contributed by atoms with van der Waals surface area (Å²) >= 11 is 0. The molecule has 64 heavy (non-hydrogen) atoms. The Morgan fingerprint density at radius 3 is 1.39 bits per heavy atom. The molecule has 8 aromatic rings. The van der Waals surface area contributed by atoms with Crippen molar-refractivity contribution in [2.45, 2.75) is 72.1 Å². The van der Waals surface area contributed by atoms with Gasteiger partial charge in [-0.2, -0.15) is 0 Å². The summed E-state index contributed by atoms with van der Waals surface area (Å²) in [4.78, 5) is 0.932. The Bertz CT molecular complexity index is 3110. The molecule has 8 heteroatoms. The van der Waals surface area contributed by atoms with E-state index in [4.69, 9.17) is 9.47 Å². The summed E-state index contributed by atoms with van der Waals surface area (Å²) in [6.07, 6.45) is 0.560. The summed E-state index contributed by atoms with van der Waals surface area (Å²) in [6.45, 7) is 10.3. The van der Waals surface area contributed by atoms with E-state index in [1.54, 1.807) is 84.9 Å². The second-order valence-corrected chi connectivity index (χ2v) is 20.5. The Labute approximate surface area is 377 Å². The smallest absolute Gasteiger partial charge is 0.206 e. The van der Waals surface area contributed by atoms with Gasteiger partial charge in [0.2, 0.25) is 19.7 Å². The molecule has 0 amide bonds. The molecule has 6 nitrogen and oxygen atoms in total. The van der Waals surface area contributed by atoms with Gasteiger partial charge in [-0.15, -0.1) is 0 Å². The predicted molar refractivity (Wildman–Crippen MR) is 257 cm³/mol. The van der Waals surface area contributed by atoms with Gasteiger partial charge in [-0.05, 0) is 144 Å². The van der Waals surface area contributed by atoms with Gasteiger partial charge in [0.25, 0.3) is 0 Å². The lowest BCUT2D eigenvalue weighted by molar-refractivity contribution is 0.228. The Kier molecular flexibility index (Phi) is 12.5. The van der Waals surface area contributed by atoms with Crippen molar-refractivity contribution in [3.05, 3.63) is 211 Å². The van der Waals surface area contributed by atoms with E-state index in [1.807, 2.05) is 111 Å². The Morgan fingerprint density at radius 1 is 0.484 bits per heavy atom. The van der Waals surface area contributed by atoms with E-state index in [0.717, 1.165) is 56.5 Å². The summed E-state index contributed by atoms with van der Waals surface area (Å²) in [7, 11) is -7.39. The molecule has 0 aliphatic carbocycles. The van der Waals surface area contributed by atoms with E-state index in [9.17, 15) is 16.8 Å². The van der Waals surface area contributed by atoms with Crippen molar-refractivity contribution in [3.63, 3.8) is 0 Å². The van der Waals surface area contributed by atoms with Gasteiger partial charge in [-0.1, -0.05) is 136 Å². The fourth-order valence-corrected chi connectivity index (χ4v) is 10.1. The molecule has 0 N–H and O–H groups in total. The Balaban J connectivity index is 1.06. The number of hydrogen-bond donors (Lipinski definition) is 0. The summed E-state index contributed by atoms with van der Waals surface area (Å²) in [5.74, 6) is 1.81. The number of rotatable bonds is 14. The van der Waals surface area contributed by atoms with E-state index >= 15 is 0 Å². The molecular weight excluding hydrogens is 833 g/mol. The highest BCUT2D eigenvalue weighted by Crippen LogP contribution is 2.41. The molecule has 1 atom stereocenters. The van der Waals surface area contributed by atoms with E-state index < -0.39 is 19.7 Å². The average molecular weight is 883 g/mol. The SMILES string of the molecule is CCC(C)(C)c1ccc(S(=O)(=O)c2ccc(Oc3ccc(-c4ccc(OC(C)c5ccc(S(=O)(=O)c6ccc(C)cc6)cc5)c(-c5ccccc5)c4)cc3-c3ccccc3)cc2)cc1. The first-order valence-corrected chi connectivity index (χ1v) is 24.3. The van der Waals surface area contributed by atoms with Crippen LogP contribution >= 0.6 is 0 Å². The van der Waals surface area contributed by atoms with Crippen LogP contribution < -0.4 is 9.47 Å². The Morgan fingerprint density at radius 2 is 0.906 bits per heavy atom. The van der Waals surface area contributed by atoms with Gasteiger partial charge in [0, 0.05) is 11.1 Å². The summed E-state index contributed by atoms with van der Waals surface area (Å²) in [6, 6.07) is 59.8. The minimum atomic E-state index is -3.73. The lowest BCUT2D eigenvalue weighted by Crippen LogP contribution is -2.15. The van der Waals surface area contributed by atoms with Crippen LogP contribution in [0.15, 0.2) is 214 Å². The number of ether oxygens (including phenoxy) is 2. The van der Waals surface area contributed by atoms with Crippen molar-refractivity contribution >= 4 is 19.7 Å². The standard InChI is InChI=1S/C56H50O6S2/c1-6-56(4,5)46-23-31-50(32-24-46)64(59,60)51-33-25-47(26-34-51)62-55-36-22-45(38-53(55)43-15-11-8-12-16-43)44-21-35-54(52(37-44)42-13-9-7-10-14-42)61-40(3)41-19-29-49(30-20-41)63(57,58)48-27-17-39(2)18-28-48/h7-38,40H,6H2,1-5H3. The van der Waals surface area contributed by atoms with Crippen LogP contribution in [0.2, 0.25) is 0 Å². The van der Waals surface area contributed by atoms with Crippen LogP contribution in [-0.2, 0) is 25.1 Å². The lowest BCUT2D eigenvalue weighted by Gasteiger charge is -2.23. The van der Waals surface area contributed by atoms with Crippen molar-refractivity contribution in [2.24, 2.45) is 0 Å². The largest absolute Gasteiger partial charge is 0.485 e. The highest BCUT2D eigenvalue weighted by molar-refractivity contribution is 7.91. The number of benzene rings is 8. The molecule has 0 aliphatic heterocycles. The van der Waals surface area contributed by atoms with Gasteiger partial charge in [-0.25, -0.2) is 16.8 Å². The first-order chi connectivity index (χ1) is 30.7. The van der Waals surface area contributed by atoms with Crippen molar-refractivity contribution in [1.82, 2.24) is 0 Å².